The number of allylic oxidation sites excluding steroid dienone is 4. The van der Waals surface area contributed by atoms with E-state index in [0.29, 0.717) is 0 Å². The standard InChI is InChI=1S/C17H17.C13H10.C11H19Si.2ClH.Zr/c1-3-12-5-7-16-14(9-12)11-15-10-13(4-2)6-8-17(15)16;1-3-7-12(8-4-1)11-13-9-5-2-6-10-13;1-4-12(5-2,6-3)11-9-7-8-10-11;;;/h5-11H,3-4H2,1-2H3;1-10H;7,9H,4-6,8H2,1-3H3;2*1H;/q-1;;-1;;;+2/p-2. The fourth-order valence-electron chi connectivity index (χ4n) is 6.03. The molecule has 0 radical (unpaired) electrons. The topological polar surface area (TPSA) is 0 Å². The van der Waals surface area contributed by atoms with Gasteiger partial charge in [0.15, 0.2) is 0 Å². The van der Waals surface area contributed by atoms with Crippen LogP contribution in [0.15, 0.2) is 120 Å². The molecule has 0 fully saturated rings. The van der Waals surface area contributed by atoms with Crippen molar-refractivity contribution in [3.8, 4) is 0 Å². The van der Waals surface area contributed by atoms with Gasteiger partial charge in [-0.15, -0.1) is 46.2 Å². The summed E-state index contributed by atoms with van der Waals surface area (Å²) in [4.78, 5) is 0. The Hall–Kier alpha value is -2.22. The second-order valence-electron chi connectivity index (χ2n) is 11.3. The van der Waals surface area contributed by atoms with Crippen LogP contribution in [0.5, 0.6) is 0 Å². The second kappa shape index (κ2) is 19.4. The van der Waals surface area contributed by atoms with E-state index in [2.05, 4.69) is 156 Å². The molecular formula is C41H46Cl2SiZr-2. The van der Waals surface area contributed by atoms with Crippen LogP contribution in [0.4, 0.5) is 0 Å². The van der Waals surface area contributed by atoms with Gasteiger partial charge in [0.2, 0.25) is 0 Å². The van der Waals surface area contributed by atoms with Gasteiger partial charge in [-0.3, -0.25) is 6.08 Å². The van der Waals surface area contributed by atoms with E-state index in [1.807, 2.05) is 0 Å². The Morgan fingerprint density at radius 2 is 1.11 bits per heavy atom. The quantitative estimate of drug-likeness (QED) is 0.149. The number of aryl methyl sites for hydroxylation is 2. The predicted molar refractivity (Wildman–Crippen MR) is 190 cm³/mol. The van der Waals surface area contributed by atoms with Crippen molar-refractivity contribution in [2.24, 2.45) is 0 Å². The molecular weight excluding hydrogens is 683 g/mol. The van der Waals surface area contributed by atoms with E-state index < -0.39 is 8.07 Å². The molecule has 1 aliphatic carbocycles. The maximum atomic E-state index is 3.52. The first-order valence-electron chi connectivity index (χ1n) is 16.1. The normalized spacial score (nSPS) is 11.8. The summed E-state index contributed by atoms with van der Waals surface area (Å²) in [5, 5.41) is 7.13. The number of hydrogen-bond donors (Lipinski definition) is 0. The zero-order valence-electron chi connectivity index (χ0n) is 27.5. The third kappa shape index (κ3) is 9.89. The van der Waals surface area contributed by atoms with E-state index in [-0.39, 0.29) is 24.8 Å². The molecule has 0 saturated carbocycles. The van der Waals surface area contributed by atoms with Crippen LogP contribution < -0.4 is 24.8 Å². The molecule has 0 heterocycles. The van der Waals surface area contributed by atoms with Crippen molar-refractivity contribution in [3.05, 3.63) is 149 Å². The van der Waals surface area contributed by atoms with E-state index in [4.69, 9.17) is 0 Å². The molecule has 0 aromatic heterocycles. The van der Waals surface area contributed by atoms with Crippen molar-refractivity contribution in [2.75, 3.05) is 0 Å². The van der Waals surface area contributed by atoms with Crippen LogP contribution in [-0.4, -0.2) is 11.3 Å². The summed E-state index contributed by atoms with van der Waals surface area (Å²) >= 11 is 1.46. The fraction of sp³-hybridized carbons (Fsp3) is 0.268. The van der Waals surface area contributed by atoms with Crippen LogP contribution in [0.1, 0.15) is 63.3 Å². The van der Waals surface area contributed by atoms with Crippen molar-refractivity contribution in [3.63, 3.8) is 0 Å². The van der Waals surface area contributed by atoms with Gasteiger partial charge in [-0.1, -0.05) is 88.1 Å². The van der Waals surface area contributed by atoms with Crippen LogP contribution in [0.25, 0.3) is 21.5 Å². The summed E-state index contributed by atoms with van der Waals surface area (Å²) in [7, 11) is -1.07. The van der Waals surface area contributed by atoms with Gasteiger partial charge in [-0.05, 0) is 12.8 Å². The molecule has 0 bridgehead atoms. The summed E-state index contributed by atoms with van der Waals surface area (Å²) in [6.07, 6.45) is 11.4. The summed E-state index contributed by atoms with van der Waals surface area (Å²) < 4.78 is 1.42. The first kappa shape index (κ1) is 39.0. The van der Waals surface area contributed by atoms with Crippen LogP contribution in [0.2, 0.25) is 18.1 Å². The predicted octanol–water partition coefficient (Wildman–Crippen LogP) is 5.37. The van der Waals surface area contributed by atoms with Gasteiger partial charge in [-0.25, -0.2) is 11.3 Å². The molecule has 0 amide bonds. The Balaban J connectivity index is 0.000000234. The minimum atomic E-state index is -1.07. The third-order valence-corrected chi connectivity index (χ3v) is 16.0. The van der Waals surface area contributed by atoms with E-state index in [0.717, 1.165) is 19.3 Å². The van der Waals surface area contributed by atoms with E-state index in [1.165, 1.54) is 89.4 Å². The van der Waals surface area contributed by atoms with Crippen LogP contribution in [0.3, 0.4) is 0 Å². The third-order valence-electron chi connectivity index (χ3n) is 9.07. The SMILES string of the molecule is CC[Si](CC)(CC)C1=[C-]CC=C1.CCc1ccc2c(c1)[cH-]c1cc(CC)ccc12.[Cl-].[Cl-].[Zr+2]=[C](c1ccccc1)c1ccccc1. The summed E-state index contributed by atoms with van der Waals surface area (Å²) in [6, 6.07) is 41.2. The van der Waals surface area contributed by atoms with Crippen molar-refractivity contribution in [1.82, 2.24) is 0 Å². The molecule has 0 N–H and O–H groups in total. The molecule has 0 spiro atoms. The van der Waals surface area contributed by atoms with Crippen molar-refractivity contribution < 1.29 is 49.0 Å². The van der Waals surface area contributed by atoms with Gasteiger partial charge < -0.3 is 24.8 Å². The average Bonchev–Trinajstić information content (AvgIpc) is 3.75. The van der Waals surface area contributed by atoms with Crippen LogP contribution >= 0.6 is 0 Å². The van der Waals surface area contributed by atoms with Crippen molar-refractivity contribution in [2.45, 2.75) is 72.0 Å². The van der Waals surface area contributed by atoms with Gasteiger partial charge >= 0.3 is 99.2 Å². The molecule has 0 nitrogen and oxygen atoms in total. The first-order valence-corrected chi connectivity index (χ1v) is 19.9. The number of benzene rings is 4. The summed E-state index contributed by atoms with van der Waals surface area (Å²) in [5.41, 5.74) is 5.50. The van der Waals surface area contributed by atoms with Gasteiger partial charge in [0, 0.05) is 8.07 Å². The van der Waals surface area contributed by atoms with Crippen LogP contribution in [0, 0.1) is 6.08 Å². The summed E-state index contributed by atoms with van der Waals surface area (Å²) in [6.45, 7) is 11.5. The molecule has 45 heavy (non-hydrogen) atoms. The fourth-order valence-corrected chi connectivity index (χ4v) is 10.4. The van der Waals surface area contributed by atoms with Gasteiger partial charge in [-0.2, -0.15) is 6.08 Å². The maximum absolute atomic E-state index is 3.52. The number of halogens is 2. The molecule has 5 aromatic carbocycles. The van der Waals surface area contributed by atoms with Gasteiger partial charge in [0.05, 0.1) is 0 Å². The molecule has 5 aromatic rings. The van der Waals surface area contributed by atoms with E-state index >= 15 is 0 Å². The molecule has 4 heteroatoms. The number of fused-ring (bicyclic) bond motifs is 3. The molecule has 0 unspecified atom stereocenters. The van der Waals surface area contributed by atoms with Crippen LogP contribution in [-0.2, 0) is 37.1 Å². The molecule has 6 rings (SSSR count). The Kier molecular flexibility index (Phi) is 16.8. The summed E-state index contributed by atoms with van der Waals surface area (Å²) in [5.74, 6) is 0. The molecule has 234 valence electrons. The van der Waals surface area contributed by atoms with Gasteiger partial charge in [0.1, 0.15) is 0 Å². The minimum absolute atomic E-state index is 0. The van der Waals surface area contributed by atoms with E-state index in [1.54, 1.807) is 5.20 Å². The first-order chi connectivity index (χ1) is 21.0. The number of rotatable bonds is 8. The zero-order chi connectivity index (χ0) is 30.7. The second-order valence-corrected chi connectivity index (χ2v) is 17.8. The average molecular weight is 729 g/mol. The van der Waals surface area contributed by atoms with Gasteiger partial charge in [0.25, 0.3) is 0 Å². The Morgan fingerprint density at radius 3 is 1.47 bits per heavy atom. The Morgan fingerprint density at radius 1 is 0.667 bits per heavy atom. The molecule has 0 saturated heterocycles. The Labute approximate surface area is 300 Å². The Bertz CT molecular complexity index is 1570. The van der Waals surface area contributed by atoms with Crippen molar-refractivity contribution >= 4 is 32.8 Å². The van der Waals surface area contributed by atoms with Crippen molar-refractivity contribution in [1.29, 1.82) is 0 Å². The number of hydrogen-bond acceptors (Lipinski definition) is 0. The molecule has 1 aliphatic rings. The monoisotopic (exact) mass is 726 g/mol. The van der Waals surface area contributed by atoms with E-state index in [9.17, 15) is 0 Å². The molecule has 0 aliphatic heterocycles. The molecule has 0 atom stereocenters. The zero-order valence-corrected chi connectivity index (χ0v) is 32.4.